The van der Waals surface area contributed by atoms with Gasteiger partial charge in [0.2, 0.25) is 0 Å². The predicted octanol–water partition coefficient (Wildman–Crippen LogP) is 5.06. The number of hydrogen-bond donors (Lipinski definition) is 1. The molecule has 1 N–H and O–H groups in total. The largest absolute Gasteiger partial charge is 0.451 e. The topological polar surface area (TPSA) is 85.8 Å². The van der Waals surface area contributed by atoms with Crippen LogP contribution in [-0.4, -0.2) is 25.7 Å². The number of aromatic nitrogens is 4. The summed E-state index contributed by atoms with van der Waals surface area (Å²) >= 11 is 3.10. The molecule has 0 bridgehead atoms. The summed E-state index contributed by atoms with van der Waals surface area (Å²) in [5.74, 6) is 0.698. The number of hydrogen-bond acceptors (Lipinski definition) is 7. The normalized spacial score (nSPS) is 11.2. The molecule has 166 valence electrons. The molecule has 3 aromatic heterocycles. The molecule has 0 atom stereocenters. The van der Waals surface area contributed by atoms with Gasteiger partial charge in [0, 0.05) is 42.2 Å². The van der Waals surface area contributed by atoms with Gasteiger partial charge in [0.1, 0.15) is 10.6 Å². The first-order valence-electron chi connectivity index (χ1n) is 10.4. The highest BCUT2D eigenvalue weighted by molar-refractivity contribution is 8.00. The fourth-order valence-corrected chi connectivity index (χ4v) is 5.43. The fraction of sp³-hybridized carbons (Fsp3) is 0.167. The maximum atomic E-state index is 13.1. The van der Waals surface area contributed by atoms with Gasteiger partial charge in [0.25, 0.3) is 5.91 Å². The summed E-state index contributed by atoms with van der Waals surface area (Å²) in [4.78, 5) is 17.2. The van der Waals surface area contributed by atoms with Crippen LogP contribution in [0.2, 0.25) is 0 Å². The zero-order chi connectivity index (χ0) is 22.6. The number of thioether (sulfide) groups is 1. The second kappa shape index (κ2) is 9.60. The summed E-state index contributed by atoms with van der Waals surface area (Å²) in [6.45, 7) is 3.08. The van der Waals surface area contributed by atoms with Crippen molar-refractivity contribution in [2.45, 2.75) is 30.1 Å². The molecule has 0 aliphatic rings. The van der Waals surface area contributed by atoms with Crippen LogP contribution in [0.5, 0.6) is 0 Å². The Bertz CT molecular complexity index is 1390. The summed E-state index contributed by atoms with van der Waals surface area (Å²) in [7, 11) is 0. The highest BCUT2D eigenvalue weighted by Crippen LogP contribution is 2.33. The molecule has 1 amide bonds. The smallest absolute Gasteiger partial charge is 0.287 e. The molecule has 7 nitrogen and oxygen atoms in total. The lowest BCUT2D eigenvalue weighted by molar-refractivity contribution is 0.0924. The lowest BCUT2D eigenvalue weighted by atomic mass is 10.1. The van der Waals surface area contributed by atoms with Crippen molar-refractivity contribution in [3.05, 3.63) is 94.7 Å². The second-order valence-electron chi connectivity index (χ2n) is 7.52. The molecule has 2 aromatic carbocycles. The molecule has 0 radical (unpaired) electrons. The fourth-order valence-electron chi connectivity index (χ4n) is 3.59. The van der Waals surface area contributed by atoms with Gasteiger partial charge < -0.3 is 14.3 Å². The third kappa shape index (κ3) is 4.99. The number of amides is 1. The molecule has 9 heteroatoms. The van der Waals surface area contributed by atoms with Crippen LogP contribution in [0.25, 0.3) is 11.0 Å². The Hall–Kier alpha value is -3.43. The van der Waals surface area contributed by atoms with Gasteiger partial charge in [-0.25, -0.2) is 4.98 Å². The highest BCUT2D eigenvalue weighted by Gasteiger charge is 2.21. The molecule has 0 aliphatic carbocycles. The van der Waals surface area contributed by atoms with Gasteiger partial charge in [-0.3, -0.25) is 4.79 Å². The molecule has 0 unspecified atom stereocenters. The second-order valence-corrected chi connectivity index (χ2v) is 9.92. The number of furan rings is 1. The molecule has 5 aromatic rings. The molecule has 3 heterocycles. The first-order chi connectivity index (χ1) is 16.2. The number of carbonyl (C=O) groups is 1. The third-order valence-electron chi connectivity index (χ3n) is 5.12. The summed E-state index contributed by atoms with van der Waals surface area (Å²) in [6.07, 6.45) is 5.48. The standard InChI is InChI=1S/C24H21N5O2S2/c1-16-27-28-24(33-16)32-14-20-19-7-2-3-8-21(19)31-22(20)23(30)26-12-17-5-4-6-18(11-17)13-29-10-9-25-15-29/h2-11,15H,12-14H2,1H3,(H,26,30). The van der Waals surface area contributed by atoms with E-state index in [0.717, 1.165) is 38.0 Å². The van der Waals surface area contributed by atoms with E-state index in [9.17, 15) is 4.79 Å². The number of para-hydroxylation sites is 1. The molecule has 5 rings (SSSR count). The van der Waals surface area contributed by atoms with E-state index >= 15 is 0 Å². The van der Waals surface area contributed by atoms with Crippen molar-refractivity contribution in [3.8, 4) is 0 Å². The minimum atomic E-state index is -0.227. The lowest BCUT2D eigenvalue weighted by Crippen LogP contribution is -2.23. The molecule has 0 spiro atoms. The Morgan fingerprint density at radius 1 is 1.15 bits per heavy atom. The van der Waals surface area contributed by atoms with Gasteiger partial charge in [0.15, 0.2) is 10.1 Å². The van der Waals surface area contributed by atoms with E-state index in [1.54, 1.807) is 35.6 Å². The van der Waals surface area contributed by atoms with Crippen molar-refractivity contribution < 1.29 is 9.21 Å². The highest BCUT2D eigenvalue weighted by atomic mass is 32.2. The minimum absolute atomic E-state index is 0.227. The van der Waals surface area contributed by atoms with Crippen LogP contribution in [0.15, 0.2) is 76.0 Å². The number of aryl methyl sites for hydroxylation is 1. The van der Waals surface area contributed by atoms with Gasteiger partial charge >= 0.3 is 0 Å². The summed E-state index contributed by atoms with van der Waals surface area (Å²) in [5.41, 5.74) is 3.74. The van der Waals surface area contributed by atoms with Crippen molar-refractivity contribution in [2.24, 2.45) is 0 Å². The average molecular weight is 476 g/mol. The Morgan fingerprint density at radius 3 is 2.85 bits per heavy atom. The Morgan fingerprint density at radius 2 is 2.03 bits per heavy atom. The first-order valence-corrected chi connectivity index (χ1v) is 12.2. The average Bonchev–Trinajstić information content (AvgIpc) is 3.57. The van der Waals surface area contributed by atoms with E-state index in [0.29, 0.717) is 23.6 Å². The molecule has 0 aliphatic heterocycles. The van der Waals surface area contributed by atoms with E-state index in [1.807, 2.05) is 54.1 Å². The first kappa shape index (κ1) is 21.4. The van der Waals surface area contributed by atoms with E-state index in [1.165, 1.54) is 0 Å². The van der Waals surface area contributed by atoms with Crippen LogP contribution >= 0.6 is 23.1 Å². The molecule has 0 saturated heterocycles. The predicted molar refractivity (Wildman–Crippen MR) is 129 cm³/mol. The molecular weight excluding hydrogens is 454 g/mol. The number of nitrogens with one attached hydrogen (secondary N) is 1. The van der Waals surface area contributed by atoms with Gasteiger partial charge in [-0.2, -0.15) is 0 Å². The Labute approximate surface area is 198 Å². The Balaban J connectivity index is 1.32. The van der Waals surface area contributed by atoms with E-state index < -0.39 is 0 Å². The van der Waals surface area contributed by atoms with Crippen molar-refractivity contribution in [3.63, 3.8) is 0 Å². The SMILES string of the molecule is Cc1nnc(SCc2c(C(=O)NCc3cccc(Cn4ccnc4)c3)oc3ccccc23)s1. The van der Waals surface area contributed by atoms with Crippen molar-refractivity contribution in [1.29, 1.82) is 0 Å². The lowest BCUT2D eigenvalue weighted by Gasteiger charge is -2.08. The number of fused-ring (bicyclic) bond motifs is 1. The number of rotatable bonds is 8. The van der Waals surface area contributed by atoms with Crippen molar-refractivity contribution in [1.82, 2.24) is 25.1 Å². The van der Waals surface area contributed by atoms with Gasteiger partial charge in [-0.15, -0.1) is 10.2 Å². The van der Waals surface area contributed by atoms with Crippen LogP contribution < -0.4 is 5.32 Å². The number of imidazole rings is 1. The van der Waals surface area contributed by atoms with Crippen LogP contribution in [0.4, 0.5) is 0 Å². The van der Waals surface area contributed by atoms with Crippen LogP contribution in [0.1, 0.15) is 32.3 Å². The maximum absolute atomic E-state index is 13.1. The van der Waals surface area contributed by atoms with Crippen LogP contribution in [-0.2, 0) is 18.8 Å². The zero-order valence-corrected chi connectivity index (χ0v) is 19.5. The van der Waals surface area contributed by atoms with E-state index in [-0.39, 0.29) is 5.91 Å². The number of carbonyl (C=O) groups excluding carboxylic acids is 1. The monoisotopic (exact) mass is 475 g/mol. The summed E-state index contributed by atoms with van der Waals surface area (Å²) in [5, 5.41) is 13.1. The molecular formula is C24H21N5O2S2. The summed E-state index contributed by atoms with van der Waals surface area (Å²) < 4.78 is 8.85. The third-order valence-corrected chi connectivity index (χ3v) is 7.12. The zero-order valence-electron chi connectivity index (χ0n) is 17.9. The minimum Gasteiger partial charge on any atom is -0.451 e. The number of benzene rings is 2. The van der Waals surface area contributed by atoms with Gasteiger partial charge in [-0.1, -0.05) is 65.6 Å². The quantitative estimate of drug-likeness (QED) is 0.316. The maximum Gasteiger partial charge on any atom is 0.287 e. The van der Waals surface area contributed by atoms with Gasteiger partial charge in [0.05, 0.1) is 6.33 Å². The van der Waals surface area contributed by atoms with E-state index in [4.69, 9.17) is 4.42 Å². The van der Waals surface area contributed by atoms with Crippen molar-refractivity contribution in [2.75, 3.05) is 0 Å². The van der Waals surface area contributed by atoms with Crippen LogP contribution in [0, 0.1) is 6.92 Å². The van der Waals surface area contributed by atoms with Crippen LogP contribution in [0.3, 0.4) is 0 Å². The summed E-state index contributed by atoms with van der Waals surface area (Å²) in [6, 6.07) is 15.9. The molecule has 0 fully saturated rings. The Kier molecular flexibility index (Phi) is 6.23. The molecule has 0 saturated carbocycles. The van der Waals surface area contributed by atoms with Crippen molar-refractivity contribution >= 4 is 40.0 Å². The number of nitrogens with zero attached hydrogens (tertiary/aromatic N) is 4. The molecule has 33 heavy (non-hydrogen) atoms. The van der Waals surface area contributed by atoms with Gasteiger partial charge in [-0.05, 0) is 24.1 Å². The van der Waals surface area contributed by atoms with E-state index in [2.05, 4.69) is 32.6 Å².